The number of ether oxygens (including phenoxy) is 1. The van der Waals surface area contributed by atoms with E-state index in [4.69, 9.17) is 10.5 Å². The van der Waals surface area contributed by atoms with Crippen molar-refractivity contribution in [1.29, 1.82) is 0 Å². The highest BCUT2D eigenvalue weighted by molar-refractivity contribution is 14.0. The van der Waals surface area contributed by atoms with Crippen LogP contribution in [0.4, 0.5) is 0 Å². The van der Waals surface area contributed by atoms with Gasteiger partial charge in [0.15, 0.2) is 5.96 Å². The van der Waals surface area contributed by atoms with Gasteiger partial charge in [-0.25, -0.2) is 4.98 Å². The third-order valence-electron chi connectivity index (χ3n) is 3.56. The second-order valence-electron chi connectivity index (χ2n) is 5.25. The monoisotopic (exact) mass is 444 g/mol. The fraction of sp³-hybridized carbons (Fsp3) is 0.375. The van der Waals surface area contributed by atoms with E-state index in [1.165, 1.54) is 4.88 Å². The molecule has 1 aromatic carbocycles. The summed E-state index contributed by atoms with van der Waals surface area (Å²) >= 11 is 1.71. The molecule has 0 fully saturated rings. The molecule has 3 N–H and O–H groups in total. The molecule has 7 heteroatoms. The molecule has 1 atom stereocenters. The maximum Gasteiger partial charge on any atom is 0.189 e. The zero-order valence-corrected chi connectivity index (χ0v) is 16.1. The Bertz CT molecular complexity index is 674. The van der Waals surface area contributed by atoms with Gasteiger partial charge in [0.05, 0.1) is 17.7 Å². The van der Waals surface area contributed by atoms with E-state index in [-0.39, 0.29) is 30.0 Å². The van der Waals surface area contributed by atoms with Gasteiger partial charge in [0, 0.05) is 36.0 Å². The lowest BCUT2D eigenvalue weighted by Crippen LogP contribution is -2.37. The number of para-hydroxylation sites is 1. The Balaban J connectivity index is 0.00000192. The van der Waals surface area contributed by atoms with Crippen LogP contribution in [0, 0.1) is 6.92 Å². The van der Waals surface area contributed by atoms with Gasteiger partial charge in [-0.3, -0.25) is 4.99 Å². The van der Waals surface area contributed by atoms with Crippen molar-refractivity contribution < 1.29 is 4.74 Å². The van der Waals surface area contributed by atoms with Crippen LogP contribution in [0.25, 0.3) is 0 Å². The number of nitrogens with zero attached hydrogens (tertiary/aromatic N) is 2. The van der Waals surface area contributed by atoms with Crippen LogP contribution < -0.4 is 15.8 Å². The lowest BCUT2D eigenvalue weighted by atomic mass is 10.0. The van der Waals surface area contributed by atoms with Crippen molar-refractivity contribution in [2.45, 2.75) is 25.8 Å². The Morgan fingerprint density at radius 2 is 2.30 bits per heavy atom. The molecule has 0 spiro atoms. The molecular weight excluding hydrogens is 423 g/mol. The van der Waals surface area contributed by atoms with Gasteiger partial charge in [-0.05, 0) is 13.0 Å². The summed E-state index contributed by atoms with van der Waals surface area (Å²) in [5.41, 5.74) is 7.15. The third kappa shape index (κ3) is 4.81. The smallest absolute Gasteiger partial charge is 0.189 e. The summed E-state index contributed by atoms with van der Waals surface area (Å²) in [6.07, 6.45) is 3.61. The Morgan fingerprint density at radius 1 is 1.48 bits per heavy atom. The zero-order valence-electron chi connectivity index (χ0n) is 13.0. The summed E-state index contributed by atoms with van der Waals surface area (Å²) in [6, 6.07) is 8.21. The predicted octanol–water partition coefficient (Wildman–Crippen LogP) is 3.04. The van der Waals surface area contributed by atoms with Gasteiger partial charge < -0.3 is 15.8 Å². The fourth-order valence-electron chi connectivity index (χ4n) is 2.51. The number of benzene rings is 1. The van der Waals surface area contributed by atoms with E-state index in [1.807, 2.05) is 24.4 Å². The molecule has 3 rings (SSSR count). The third-order valence-corrected chi connectivity index (χ3v) is 4.53. The summed E-state index contributed by atoms with van der Waals surface area (Å²) in [4.78, 5) is 9.96. The van der Waals surface area contributed by atoms with Crippen LogP contribution >= 0.6 is 35.3 Å². The summed E-state index contributed by atoms with van der Waals surface area (Å²) in [6.45, 7) is 3.40. The quantitative estimate of drug-likeness (QED) is 0.432. The van der Waals surface area contributed by atoms with E-state index in [1.54, 1.807) is 11.3 Å². The molecule has 0 bridgehead atoms. The van der Waals surface area contributed by atoms with E-state index >= 15 is 0 Å². The molecule has 1 aliphatic rings. The Kier molecular flexibility index (Phi) is 6.64. The largest absolute Gasteiger partial charge is 0.493 e. The van der Waals surface area contributed by atoms with Crippen molar-refractivity contribution >= 4 is 41.3 Å². The van der Waals surface area contributed by atoms with E-state index in [9.17, 15) is 0 Å². The molecule has 23 heavy (non-hydrogen) atoms. The van der Waals surface area contributed by atoms with Crippen LogP contribution in [0.2, 0.25) is 0 Å². The standard InChI is InChI=1S/C16H20N4OS.HI/c1-11-10-19-15(22-11)6-8-18-16(17)20-13-7-9-21-14-5-3-2-4-12(13)14;/h2-5,10,13H,6-9H2,1H3,(H3,17,18,20);1H. The minimum Gasteiger partial charge on any atom is -0.493 e. The van der Waals surface area contributed by atoms with Gasteiger partial charge in [0.2, 0.25) is 0 Å². The molecule has 0 amide bonds. The summed E-state index contributed by atoms with van der Waals surface area (Å²) in [5, 5.41) is 4.40. The first-order chi connectivity index (χ1) is 10.7. The van der Waals surface area contributed by atoms with Crippen LogP contribution in [0.5, 0.6) is 5.75 Å². The molecule has 0 saturated carbocycles. The fourth-order valence-corrected chi connectivity index (χ4v) is 3.28. The van der Waals surface area contributed by atoms with Crippen molar-refractivity contribution in [1.82, 2.24) is 10.3 Å². The number of nitrogens with one attached hydrogen (secondary N) is 1. The number of nitrogens with two attached hydrogens (primary N) is 1. The lowest BCUT2D eigenvalue weighted by Gasteiger charge is -2.26. The van der Waals surface area contributed by atoms with Crippen molar-refractivity contribution in [3.8, 4) is 5.75 Å². The van der Waals surface area contributed by atoms with Crippen molar-refractivity contribution in [2.75, 3.05) is 13.2 Å². The molecule has 1 aliphatic heterocycles. The summed E-state index contributed by atoms with van der Waals surface area (Å²) < 4.78 is 5.65. The van der Waals surface area contributed by atoms with Crippen molar-refractivity contribution in [2.24, 2.45) is 10.7 Å². The van der Waals surface area contributed by atoms with E-state index < -0.39 is 0 Å². The van der Waals surface area contributed by atoms with Crippen molar-refractivity contribution in [3.63, 3.8) is 0 Å². The molecule has 124 valence electrons. The number of aryl methyl sites for hydroxylation is 1. The van der Waals surface area contributed by atoms with Gasteiger partial charge in [-0.15, -0.1) is 35.3 Å². The van der Waals surface area contributed by atoms with E-state index in [0.29, 0.717) is 19.1 Å². The van der Waals surface area contributed by atoms with Crippen LogP contribution in [-0.2, 0) is 6.42 Å². The molecule has 2 heterocycles. The number of hydrogen-bond acceptors (Lipinski definition) is 4. The van der Waals surface area contributed by atoms with Crippen LogP contribution in [-0.4, -0.2) is 24.1 Å². The minimum atomic E-state index is 0. The van der Waals surface area contributed by atoms with E-state index in [2.05, 4.69) is 28.3 Å². The summed E-state index contributed by atoms with van der Waals surface area (Å²) in [7, 11) is 0. The topological polar surface area (TPSA) is 72.5 Å². The zero-order chi connectivity index (χ0) is 15.4. The van der Waals surface area contributed by atoms with Crippen molar-refractivity contribution in [3.05, 3.63) is 45.9 Å². The number of guanidine groups is 1. The van der Waals surface area contributed by atoms with E-state index in [0.717, 1.165) is 29.2 Å². The molecule has 2 aromatic rings. The number of aromatic nitrogens is 1. The highest BCUT2D eigenvalue weighted by Gasteiger charge is 2.21. The molecule has 0 aliphatic carbocycles. The number of hydrogen-bond donors (Lipinski definition) is 2. The second kappa shape index (κ2) is 8.49. The van der Waals surface area contributed by atoms with Gasteiger partial charge in [-0.2, -0.15) is 0 Å². The Morgan fingerprint density at radius 3 is 3.09 bits per heavy atom. The average Bonchev–Trinajstić information content (AvgIpc) is 2.93. The van der Waals surface area contributed by atoms with Crippen LogP contribution in [0.1, 0.15) is 27.9 Å². The first-order valence-electron chi connectivity index (χ1n) is 7.42. The maximum absolute atomic E-state index is 6.01. The molecular formula is C16H21IN4OS. The Labute approximate surface area is 157 Å². The molecule has 0 radical (unpaired) electrons. The maximum atomic E-state index is 6.01. The number of halogens is 1. The molecule has 0 saturated heterocycles. The van der Waals surface area contributed by atoms with Gasteiger partial charge in [0.25, 0.3) is 0 Å². The normalized spacial score (nSPS) is 16.9. The summed E-state index contributed by atoms with van der Waals surface area (Å²) in [5.74, 6) is 1.41. The van der Waals surface area contributed by atoms with Gasteiger partial charge in [0.1, 0.15) is 5.75 Å². The average molecular weight is 444 g/mol. The number of thiazole rings is 1. The molecule has 1 aromatic heterocycles. The second-order valence-corrected chi connectivity index (χ2v) is 6.57. The molecule has 1 unspecified atom stereocenters. The SMILES string of the molecule is Cc1cnc(CCN=C(N)NC2CCOc3ccccc32)s1.I. The number of fused-ring (bicyclic) bond motifs is 1. The highest BCUT2D eigenvalue weighted by Crippen LogP contribution is 2.31. The molecule has 5 nitrogen and oxygen atoms in total. The van der Waals surface area contributed by atoms with Gasteiger partial charge in [-0.1, -0.05) is 18.2 Å². The lowest BCUT2D eigenvalue weighted by molar-refractivity contribution is 0.262. The Hall–Kier alpha value is -1.35. The predicted molar refractivity (Wildman–Crippen MR) is 105 cm³/mol. The van der Waals surface area contributed by atoms with Crippen LogP contribution in [0.15, 0.2) is 35.5 Å². The highest BCUT2D eigenvalue weighted by atomic mass is 127. The number of rotatable bonds is 4. The first kappa shape index (κ1) is 18.0. The minimum absolute atomic E-state index is 0. The number of aliphatic imine (C=N–C) groups is 1. The first-order valence-corrected chi connectivity index (χ1v) is 8.23. The van der Waals surface area contributed by atoms with Crippen LogP contribution in [0.3, 0.4) is 0 Å². The van der Waals surface area contributed by atoms with Gasteiger partial charge >= 0.3 is 0 Å².